The molecule has 0 saturated heterocycles. The van der Waals surface area contributed by atoms with Crippen LogP contribution in [0.25, 0.3) is 17.1 Å². The van der Waals surface area contributed by atoms with Crippen molar-refractivity contribution in [2.75, 3.05) is 6.54 Å². The molecule has 24 heavy (non-hydrogen) atoms. The summed E-state index contributed by atoms with van der Waals surface area (Å²) >= 11 is 0. The van der Waals surface area contributed by atoms with Crippen LogP contribution in [-0.4, -0.2) is 16.5 Å². The third-order valence-electron chi connectivity index (χ3n) is 4.39. The zero-order chi connectivity index (χ0) is 16.8. The smallest absolute Gasteiger partial charge is 0.0958 e. The molecule has 0 aliphatic heterocycles. The van der Waals surface area contributed by atoms with Gasteiger partial charge in [-0.3, -0.25) is 9.97 Å². The van der Waals surface area contributed by atoms with Gasteiger partial charge >= 0.3 is 0 Å². The molecule has 0 aliphatic rings. The van der Waals surface area contributed by atoms with Crippen LogP contribution >= 0.6 is 0 Å². The lowest BCUT2D eigenvalue weighted by Gasteiger charge is -2.18. The molecule has 0 spiro atoms. The molecule has 0 aliphatic carbocycles. The number of rotatable bonds is 7. The van der Waals surface area contributed by atoms with E-state index < -0.39 is 0 Å². The lowest BCUT2D eigenvalue weighted by molar-refractivity contribution is 0.594. The maximum absolute atomic E-state index is 5.74. The van der Waals surface area contributed by atoms with Crippen LogP contribution in [0.2, 0.25) is 0 Å². The molecule has 2 aromatic carbocycles. The van der Waals surface area contributed by atoms with Gasteiger partial charge in [0.1, 0.15) is 0 Å². The SMILES string of the molecule is C=Cc1cc(C[C@@H](CCCN)c2ccccc2)cc2nccnc12. The summed E-state index contributed by atoms with van der Waals surface area (Å²) in [4.78, 5) is 8.89. The number of hydrogen-bond acceptors (Lipinski definition) is 3. The van der Waals surface area contributed by atoms with E-state index in [1.807, 2.05) is 6.08 Å². The Bertz CT molecular complexity index is 812. The van der Waals surface area contributed by atoms with Gasteiger partial charge in [0.05, 0.1) is 11.0 Å². The summed E-state index contributed by atoms with van der Waals surface area (Å²) in [5, 5.41) is 0. The largest absolute Gasteiger partial charge is 0.330 e. The van der Waals surface area contributed by atoms with E-state index in [0.717, 1.165) is 42.4 Å². The first-order valence-electron chi connectivity index (χ1n) is 8.43. The molecule has 0 fully saturated rings. The van der Waals surface area contributed by atoms with Crippen molar-refractivity contribution >= 4 is 17.1 Å². The molecule has 3 heteroatoms. The Morgan fingerprint density at radius 2 is 1.88 bits per heavy atom. The molecule has 3 rings (SSSR count). The summed E-state index contributed by atoms with van der Waals surface area (Å²) in [5.41, 5.74) is 11.3. The number of benzene rings is 2. The summed E-state index contributed by atoms with van der Waals surface area (Å²) in [6, 6.07) is 15.0. The summed E-state index contributed by atoms with van der Waals surface area (Å²) in [6.45, 7) is 4.65. The van der Waals surface area contributed by atoms with Gasteiger partial charge in [0.25, 0.3) is 0 Å². The van der Waals surface area contributed by atoms with E-state index in [1.54, 1.807) is 12.4 Å². The van der Waals surface area contributed by atoms with E-state index in [2.05, 4.69) is 59.0 Å². The lowest BCUT2D eigenvalue weighted by atomic mass is 9.87. The van der Waals surface area contributed by atoms with Crippen LogP contribution in [0.5, 0.6) is 0 Å². The Labute approximate surface area is 143 Å². The van der Waals surface area contributed by atoms with Gasteiger partial charge in [0, 0.05) is 18.0 Å². The van der Waals surface area contributed by atoms with E-state index in [0.29, 0.717) is 5.92 Å². The van der Waals surface area contributed by atoms with Crippen LogP contribution in [0.4, 0.5) is 0 Å². The first kappa shape index (κ1) is 16.3. The molecule has 3 aromatic rings. The minimum atomic E-state index is 0.460. The van der Waals surface area contributed by atoms with Gasteiger partial charge in [0.2, 0.25) is 0 Å². The third kappa shape index (κ3) is 3.69. The van der Waals surface area contributed by atoms with Crippen LogP contribution in [0.1, 0.15) is 35.4 Å². The predicted molar refractivity (Wildman–Crippen MR) is 101 cm³/mol. The Morgan fingerprint density at radius 1 is 1.08 bits per heavy atom. The van der Waals surface area contributed by atoms with Crippen LogP contribution in [0.15, 0.2) is 61.4 Å². The summed E-state index contributed by atoms with van der Waals surface area (Å²) < 4.78 is 0. The molecule has 0 bridgehead atoms. The Balaban J connectivity index is 1.94. The van der Waals surface area contributed by atoms with Crippen LogP contribution < -0.4 is 5.73 Å². The van der Waals surface area contributed by atoms with E-state index >= 15 is 0 Å². The molecule has 1 aromatic heterocycles. The number of nitrogens with two attached hydrogens (primary N) is 1. The van der Waals surface area contributed by atoms with Crippen molar-refractivity contribution in [3.8, 4) is 0 Å². The Morgan fingerprint density at radius 3 is 2.62 bits per heavy atom. The highest BCUT2D eigenvalue weighted by atomic mass is 14.8. The van der Waals surface area contributed by atoms with E-state index in [-0.39, 0.29) is 0 Å². The van der Waals surface area contributed by atoms with Crippen LogP contribution in [-0.2, 0) is 6.42 Å². The van der Waals surface area contributed by atoms with Gasteiger partial charge in [-0.1, -0.05) is 43.0 Å². The highest BCUT2D eigenvalue weighted by molar-refractivity contribution is 5.84. The Hall–Kier alpha value is -2.52. The molecule has 122 valence electrons. The second-order valence-electron chi connectivity index (χ2n) is 6.06. The van der Waals surface area contributed by atoms with Gasteiger partial charge < -0.3 is 5.73 Å². The maximum atomic E-state index is 5.74. The van der Waals surface area contributed by atoms with Gasteiger partial charge in [-0.2, -0.15) is 0 Å². The van der Waals surface area contributed by atoms with Gasteiger partial charge in [-0.15, -0.1) is 0 Å². The van der Waals surface area contributed by atoms with Gasteiger partial charge in [-0.05, 0) is 55.0 Å². The van der Waals surface area contributed by atoms with Gasteiger partial charge in [0.15, 0.2) is 0 Å². The fourth-order valence-corrected chi connectivity index (χ4v) is 3.20. The van der Waals surface area contributed by atoms with Crippen molar-refractivity contribution in [1.82, 2.24) is 9.97 Å². The zero-order valence-corrected chi connectivity index (χ0v) is 13.9. The quantitative estimate of drug-likeness (QED) is 0.705. The van der Waals surface area contributed by atoms with E-state index in [9.17, 15) is 0 Å². The minimum Gasteiger partial charge on any atom is -0.330 e. The molecular weight excluding hydrogens is 294 g/mol. The predicted octanol–water partition coefficient (Wildman–Crippen LogP) is 4.34. The van der Waals surface area contributed by atoms with Crippen molar-refractivity contribution in [3.63, 3.8) is 0 Å². The second kappa shape index (κ2) is 7.84. The lowest BCUT2D eigenvalue weighted by Crippen LogP contribution is -2.07. The van der Waals surface area contributed by atoms with Crippen molar-refractivity contribution in [3.05, 3.63) is 78.1 Å². The molecule has 1 heterocycles. The van der Waals surface area contributed by atoms with E-state index in [1.165, 1.54) is 11.1 Å². The zero-order valence-electron chi connectivity index (χ0n) is 13.9. The fraction of sp³-hybridized carbons (Fsp3) is 0.238. The van der Waals surface area contributed by atoms with Crippen molar-refractivity contribution < 1.29 is 0 Å². The molecule has 0 unspecified atom stereocenters. The monoisotopic (exact) mass is 317 g/mol. The number of nitrogens with zero attached hydrogens (tertiary/aromatic N) is 2. The van der Waals surface area contributed by atoms with Crippen molar-refractivity contribution in [2.45, 2.75) is 25.2 Å². The molecule has 1 atom stereocenters. The molecular formula is C21H23N3. The number of fused-ring (bicyclic) bond motifs is 1. The average molecular weight is 317 g/mol. The molecule has 0 radical (unpaired) electrons. The minimum absolute atomic E-state index is 0.460. The summed E-state index contributed by atoms with van der Waals surface area (Å²) in [7, 11) is 0. The first-order valence-corrected chi connectivity index (χ1v) is 8.43. The maximum Gasteiger partial charge on any atom is 0.0958 e. The van der Waals surface area contributed by atoms with Crippen LogP contribution in [0, 0.1) is 0 Å². The third-order valence-corrected chi connectivity index (χ3v) is 4.39. The fourth-order valence-electron chi connectivity index (χ4n) is 3.20. The standard InChI is InChI=1S/C21H23N3/c1-2-17-13-16(15-20-21(17)24-12-11-23-20)14-19(9-6-10-22)18-7-4-3-5-8-18/h2-5,7-8,11-13,15,19H,1,6,9-10,14,22H2/t19-/m1/s1. The summed E-state index contributed by atoms with van der Waals surface area (Å²) in [5.74, 6) is 0.460. The normalized spacial score (nSPS) is 12.2. The summed E-state index contributed by atoms with van der Waals surface area (Å²) in [6.07, 6.45) is 8.41. The van der Waals surface area contributed by atoms with Crippen molar-refractivity contribution in [2.24, 2.45) is 5.73 Å². The topological polar surface area (TPSA) is 51.8 Å². The first-order chi connectivity index (χ1) is 11.8. The molecule has 0 amide bonds. The molecule has 0 saturated carbocycles. The molecule has 2 N–H and O–H groups in total. The second-order valence-corrected chi connectivity index (χ2v) is 6.06. The highest BCUT2D eigenvalue weighted by Gasteiger charge is 2.13. The average Bonchev–Trinajstić information content (AvgIpc) is 2.65. The number of hydrogen-bond donors (Lipinski definition) is 1. The van der Waals surface area contributed by atoms with Crippen LogP contribution in [0.3, 0.4) is 0 Å². The molecule has 3 nitrogen and oxygen atoms in total. The number of aromatic nitrogens is 2. The Kier molecular flexibility index (Phi) is 5.34. The highest BCUT2D eigenvalue weighted by Crippen LogP contribution is 2.28. The van der Waals surface area contributed by atoms with Gasteiger partial charge in [-0.25, -0.2) is 0 Å². The van der Waals surface area contributed by atoms with E-state index in [4.69, 9.17) is 5.73 Å². The van der Waals surface area contributed by atoms with Crippen molar-refractivity contribution in [1.29, 1.82) is 0 Å².